The van der Waals surface area contributed by atoms with E-state index < -0.39 is 10.0 Å². The maximum Gasteiger partial charge on any atom is 0.240 e. The Labute approximate surface area is 126 Å². The third-order valence-electron chi connectivity index (χ3n) is 4.77. The number of aliphatic hydroxyl groups excluding tert-OH is 1. The highest BCUT2D eigenvalue weighted by Gasteiger charge is 2.41. The molecule has 0 saturated heterocycles. The van der Waals surface area contributed by atoms with E-state index in [9.17, 15) is 13.5 Å². The van der Waals surface area contributed by atoms with Crippen molar-refractivity contribution in [1.82, 2.24) is 4.72 Å². The maximum atomic E-state index is 12.4. The van der Waals surface area contributed by atoms with Gasteiger partial charge in [-0.3, -0.25) is 0 Å². The van der Waals surface area contributed by atoms with Crippen molar-refractivity contribution in [2.24, 2.45) is 17.8 Å². The molecule has 1 aromatic carbocycles. The predicted molar refractivity (Wildman–Crippen MR) is 81.2 cm³/mol. The van der Waals surface area contributed by atoms with Gasteiger partial charge in [0.15, 0.2) is 0 Å². The average molecular weight is 309 g/mol. The molecule has 0 aromatic heterocycles. The lowest BCUT2D eigenvalue weighted by Gasteiger charge is -2.16. The van der Waals surface area contributed by atoms with Crippen LogP contribution in [-0.2, 0) is 16.6 Å². The summed E-state index contributed by atoms with van der Waals surface area (Å²) < 4.78 is 27.6. The van der Waals surface area contributed by atoms with E-state index in [-0.39, 0.29) is 11.5 Å². The van der Waals surface area contributed by atoms with Gasteiger partial charge in [-0.1, -0.05) is 6.07 Å². The molecule has 0 atom stereocenters. The largest absolute Gasteiger partial charge is 0.392 e. The topological polar surface area (TPSA) is 66.4 Å². The van der Waals surface area contributed by atoms with Crippen molar-refractivity contribution in [3.8, 4) is 0 Å². The Morgan fingerprint density at radius 3 is 2.38 bits per heavy atom. The van der Waals surface area contributed by atoms with Crippen LogP contribution in [0.25, 0.3) is 0 Å². The summed E-state index contributed by atoms with van der Waals surface area (Å²) in [5.41, 5.74) is 1.57. The lowest BCUT2D eigenvalue weighted by atomic mass is 9.99. The molecule has 2 aliphatic carbocycles. The van der Waals surface area contributed by atoms with E-state index in [4.69, 9.17) is 0 Å². The first-order valence-electron chi connectivity index (χ1n) is 7.71. The van der Waals surface area contributed by atoms with Crippen LogP contribution in [0, 0.1) is 24.7 Å². The summed E-state index contributed by atoms with van der Waals surface area (Å²) in [5, 5.41) is 9.27. The van der Waals surface area contributed by atoms with Crippen molar-refractivity contribution in [1.29, 1.82) is 0 Å². The number of hydrogen-bond donors (Lipinski definition) is 2. The summed E-state index contributed by atoms with van der Waals surface area (Å²) in [6, 6.07) is 4.93. The molecule has 4 nitrogen and oxygen atoms in total. The number of nitrogens with one attached hydrogen (secondary N) is 1. The molecular weight excluding hydrogens is 286 g/mol. The van der Waals surface area contributed by atoms with Crippen molar-refractivity contribution >= 4 is 10.0 Å². The molecule has 2 N–H and O–H groups in total. The molecule has 21 heavy (non-hydrogen) atoms. The summed E-state index contributed by atoms with van der Waals surface area (Å²) >= 11 is 0. The minimum atomic E-state index is -3.48. The highest BCUT2D eigenvalue weighted by Crippen LogP contribution is 2.48. The van der Waals surface area contributed by atoms with Crippen LogP contribution >= 0.6 is 0 Å². The fourth-order valence-corrected chi connectivity index (χ4v) is 4.16. The normalized spacial score (nSPS) is 19.2. The third-order valence-corrected chi connectivity index (χ3v) is 6.19. The lowest BCUT2D eigenvalue weighted by molar-refractivity contribution is 0.280. The summed E-state index contributed by atoms with van der Waals surface area (Å²) in [6.07, 6.45) is 5.01. The maximum absolute atomic E-state index is 12.4. The number of aryl methyl sites for hydroxylation is 1. The Bertz CT molecular complexity index is 606. The Hall–Kier alpha value is -0.910. The molecule has 2 fully saturated rings. The Morgan fingerprint density at radius 1 is 1.24 bits per heavy atom. The molecule has 0 bridgehead atoms. The Kier molecular flexibility index (Phi) is 4.08. The fourth-order valence-electron chi connectivity index (χ4n) is 3.04. The van der Waals surface area contributed by atoms with Crippen molar-refractivity contribution in [3.05, 3.63) is 29.3 Å². The first-order chi connectivity index (χ1) is 10.0. The molecule has 0 radical (unpaired) electrons. The van der Waals surface area contributed by atoms with Crippen molar-refractivity contribution in [3.63, 3.8) is 0 Å². The number of benzene rings is 1. The van der Waals surface area contributed by atoms with Crippen LogP contribution in [0.5, 0.6) is 0 Å². The van der Waals surface area contributed by atoms with Gasteiger partial charge in [0.1, 0.15) is 0 Å². The van der Waals surface area contributed by atoms with E-state index in [1.807, 2.05) is 6.92 Å². The molecule has 0 unspecified atom stereocenters. The third kappa shape index (κ3) is 3.47. The van der Waals surface area contributed by atoms with Gasteiger partial charge in [0, 0.05) is 6.54 Å². The molecule has 2 saturated carbocycles. The summed E-state index contributed by atoms with van der Waals surface area (Å²) in [6.45, 7) is 2.29. The molecule has 1 aromatic rings. The van der Waals surface area contributed by atoms with E-state index in [2.05, 4.69) is 4.72 Å². The SMILES string of the molecule is Cc1ccc(S(=O)(=O)NCC(C2CC2)C2CC2)cc1CO. The van der Waals surface area contributed by atoms with Gasteiger partial charge >= 0.3 is 0 Å². The molecule has 0 aliphatic heterocycles. The molecule has 3 rings (SSSR count). The van der Waals surface area contributed by atoms with Crippen LogP contribution in [-0.4, -0.2) is 20.1 Å². The minimum absolute atomic E-state index is 0.137. The highest BCUT2D eigenvalue weighted by atomic mass is 32.2. The second kappa shape index (κ2) is 5.71. The number of rotatable bonds is 7. The van der Waals surface area contributed by atoms with Gasteiger partial charge in [-0.2, -0.15) is 0 Å². The Morgan fingerprint density at radius 2 is 1.86 bits per heavy atom. The van der Waals surface area contributed by atoms with Crippen LogP contribution in [0.2, 0.25) is 0 Å². The molecule has 5 heteroatoms. The van der Waals surface area contributed by atoms with Gasteiger partial charge in [-0.05, 0) is 73.6 Å². The number of sulfonamides is 1. The Balaban J connectivity index is 1.70. The van der Waals surface area contributed by atoms with Crippen molar-refractivity contribution in [2.75, 3.05) is 6.54 Å². The van der Waals surface area contributed by atoms with E-state index in [0.29, 0.717) is 18.0 Å². The molecule has 0 heterocycles. The molecule has 0 spiro atoms. The van der Waals surface area contributed by atoms with Gasteiger partial charge in [-0.25, -0.2) is 13.1 Å². The van der Waals surface area contributed by atoms with Gasteiger partial charge in [0.25, 0.3) is 0 Å². The second-order valence-corrected chi connectivity index (χ2v) is 8.20. The lowest BCUT2D eigenvalue weighted by Crippen LogP contribution is -2.31. The van der Waals surface area contributed by atoms with Crippen molar-refractivity contribution in [2.45, 2.75) is 44.1 Å². The molecular formula is C16H23NO3S. The quantitative estimate of drug-likeness (QED) is 0.811. The smallest absolute Gasteiger partial charge is 0.240 e. The van der Waals surface area contributed by atoms with Crippen LogP contribution < -0.4 is 4.72 Å². The fraction of sp³-hybridized carbons (Fsp3) is 0.625. The summed E-state index contributed by atoms with van der Waals surface area (Å²) in [7, 11) is -3.48. The molecule has 116 valence electrons. The van der Waals surface area contributed by atoms with Gasteiger partial charge in [-0.15, -0.1) is 0 Å². The van der Waals surface area contributed by atoms with Gasteiger partial charge in [0.05, 0.1) is 11.5 Å². The van der Waals surface area contributed by atoms with Crippen molar-refractivity contribution < 1.29 is 13.5 Å². The van der Waals surface area contributed by atoms with Crippen LogP contribution in [0.1, 0.15) is 36.8 Å². The van der Waals surface area contributed by atoms with Gasteiger partial charge in [0.2, 0.25) is 10.0 Å². The first kappa shape index (κ1) is 15.0. The zero-order valence-electron chi connectivity index (χ0n) is 12.4. The van der Waals surface area contributed by atoms with E-state index >= 15 is 0 Å². The molecule has 2 aliphatic rings. The average Bonchev–Trinajstić information content (AvgIpc) is 3.33. The zero-order chi connectivity index (χ0) is 15.0. The van der Waals surface area contributed by atoms with Gasteiger partial charge < -0.3 is 5.11 Å². The second-order valence-electron chi connectivity index (χ2n) is 6.44. The minimum Gasteiger partial charge on any atom is -0.392 e. The predicted octanol–water partition coefficient (Wildman–Crippen LogP) is 2.20. The number of hydrogen-bond acceptors (Lipinski definition) is 3. The van der Waals surface area contributed by atoms with Crippen LogP contribution in [0.3, 0.4) is 0 Å². The summed E-state index contributed by atoms with van der Waals surface area (Å²) in [5.74, 6) is 1.97. The zero-order valence-corrected chi connectivity index (χ0v) is 13.2. The van der Waals surface area contributed by atoms with Crippen LogP contribution in [0.15, 0.2) is 23.1 Å². The summed E-state index contributed by atoms with van der Waals surface area (Å²) in [4.78, 5) is 0.252. The monoisotopic (exact) mass is 309 g/mol. The van der Waals surface area contributed by atoms with Crippen LogP contribution in [0.4, 0.5) is 0 Å². The molecule has 0 amide bonds. The highest BCUT2D eigenvalue weighted by molar-refractivity contribution is 7.89. The van der Waals surface area contributed by atoms with E-state index in [1.54, 1.807) is 18.2 Å². The number of aliphatic hydroxyl groups is 1. The first-order valence-corrected chi connectivity index (χ1v) is 9.19. The van der Waals surface area contributed by atoms with E-state index in [0.717, 1.165) is 17.4 Å². The standard InChI is InChI=1S/C16H23NO3S/c1-11-2-7-15(8-14(11)10-18)21(19,20)17-9-16(12-3-4-12)13-5-6-13/h2,7-8,12-13,16-18H,3-6,9-10H2,1H3. The van der Waals surface area contributed by atoms with E-state index in [1.165, 1.54) is 25.7 Å².